The second kappa shape index (κ2) is 7.47. The van der Waals surface area contributed by atoms with Crippen LogP contribution in [0.15, 0.2) is 29.2 Å². The number of rotatable bonds is 6. The van der Waals surface area contributed by atoms with E-state index in [9.17, 15) is 0 Å². The second-order valence-electron chi connectivity index (χ2n) is 4.66. The molecule has 0 aliphatic rings. The van der Waals surface area contributed by atoms with E-state index in [2.05, 4.69) is 44.2 Å². The van der Waals surface area contributed by atoms with Gasteiger partial charge < -0.3 is 0 Å². The highest BCUT2D eigenvalue weighted by atomic mass is 32.2. The van der Waals surface area contributed by atoms with Crippen LogP contribution in [0.5, 0.6) is 0 Å². The van der Waals surface area contributed by atoms with E-state index in [4.69, 9.17) is 10.2 Å². The zero-order valence-corrected chi connectivity index (χ0v) is 13.5. The fraction of sp³-hybridized carbons (Fsp3) is 0.375. The second-order valence-corrected chi connectivity index (χ2v) is 6.88. The summed E-state index contributed by atoms with van der Waals surface area (Å²) in [4.78, 5) is 7.11. The van der Waals surface area contributed by atoms with Crippen LogP contribution in [0.3, 0.4) is 0 Å². The monoisotopic (exact) mass is 302 g/mol. The summed E-state index contributed by atoms with van der Waals surface area (Å²) in [5.74, 6) is 0.885. The van der Waals surface area contributed by atoms with Gasteiger partial charge in [0.2, 0.25) is 0 Å². The Bertz CT molecular complexity index is 594. The average Bonchev–Trinajstić information content (AvgIpc) is 2.82. The number of aromatic nitrogens is 1. The third-order valence-electron chi connectivity index (χ3n) is 2.93. The Morgan fingerprint density at radius 2 is 2.05 bits per heavy atom. The van der Waals surface area contributed by atoms with Crippen LogP contribution in [-0.2, 0) is 18.6 Å². The minimum absolute atomic E-state index is 0.488. The molecule has 0 atom stereocenters. The molecule has 2 rings (SSSR count). The molecule has 0 N–H and O–H groups in total. The van der Waals surface area contributed by atoms with Gasteiger partial charge in [0.1, 0.15) is 5.01 Å². The average molecular weight is 302 g/mol. The molecule has 0 aliphatic heterocycles. The molecule has 0 aliphatic carbocycles. The predicted octanol–water partition coefficient (Wildman–Crippen LogP) is 4.76. The van der Waals surface area contributed by atoms with Gasteiger partial charge in [0.05, 0.1) is 23.9 Å². The van der Waals surface area contributed by atoms with Gasteiger partial charge in [0, 0.05) is 9.77 Å². The molecule has 0 spiro atoms. The molecule has 20 heavy (non-hydrogen) atoms. The maximum Gasteiger partial charge on any atom is 0.103 e. The van der Waals surface area contributed by atoms with Crippen molar-refractivity contribution in [2.75, 3.05) is 0 Å². The summed E-state index contributed by atoms with van der Waals surface area (Å²) in [7, 11) is 0. The fourth-order valence-corrected chi connectivity index (χ4v) is 3.86. The molecule has 1 aromatic heterocycles. The number of benzene rings is 1. The molecule has 0 radical (unpaired) electrons. The summed E-state index contributed by atoms with van der Waals surface area (Å²) in [6.07, 6.45) is 2.54. The molecule has 0 amide bonds. The van der Waals surface area contributed by atoms with Crippen molar-refractivity contribution in [1.29, 1.82) is 5.26 Å². The van der Waals surface area contributed by atoms with Gasteiger partial charge in [-0.3, -0.25) is 0 Å². The summed E-state index contributed by atoms with van der Waals surface area (Å²) >= 11 is 3.50. The van der Waals surface area contributed by atoms with Crippen molar-refractivity contribution in [3.63, 3.8) is 0 Å². The van der Waals surface area contributed by atoms with Gasteiger partial charge in [-0.1, -0.05) is 31.0 Å². The SMILES string of the molecule is CCCc1nc(CSc2ccc(C)cc2)sc1CC#N. The number of aryl methyl sites for hydroxylation is 2. The van der Waals surface area contributed by atoms with Crippen molar-refractivity contribution < 1.29 is 0 Å². The molecule has 4 heteroatoms. The lowest BCUT2D eigenvalue weighted by Crippen LogP contribution is -1.89. The molecule has 0 bridgehead atoms. The maximum absolute atomic E-state index is 8.88. The van der Waals surface area contributed by atoms with E-state index in [1.54, 1.807) is 23.1 Å². The van der Waals surface area contributed by atoms with E-state index in [0.29, 0.717) is 6.42 Å². The van der Waals surface area contributed by atoms with Crippen molar-refractivity contribution >= 4 is 23.1 Å². The smallest absolute Gasteiger partial charge is 0.103 e. The van der Waals surface area contributed by atoms with Crippen LogP contribution in [0, 0.1) is 18.3 Å². The van der Waals surface area contributed by atoms with Crippen LogP contribution in [0.4, 0.5) is 0 Å². The van der Waals surface area contributed by atoms with Gasteiger partial charge >= 0.3 is 0 Å². The topological polar surface area (TPSA) is 36.7 Å². The molecular formula is C16H18N2S2. The molecule has 1 aromatic carbocycles. The van der Waals surface area contributed by atoms with Gasteiger partial charge in [0.25, 0.3) is 0 Å². The van der Waals surface area contributed by atoms with E-state index in [1.165, 1.54) is 10.5 Å². The normalized spacial score (nSPS) is 10.4. The largest absolute Gasteiger partial charge is 0.245 e. The van der Waals surface area contributed by atoms with Crippen molar-refractivity contribution in [3.05, 3.63) is 45.4 Å². The van der Waals surface area contributed by atoms with E-state index >= 15 is 0 Å². The van der Waals surface area contributed by atoms with E-state index in [-0.39, 0.29) is 0 Å². The van der Waals surface area contributed by atoms with Gasteiger partial charge in [-0.05, 0) is 25.5 Å². The summed E-state index contributed by atoms with van der Waals surface area (Å²) in [5.41, 5.74) is 2.41. The van der Waals surface area contributed by atoms with Crippen LogP contribution in [-0.4, -0.2) is 4.98 Å². The third-order valence-corrected chi connectivity index (χ3v) is 5.24. The van der Waals surface area contributed by atoms with Crippen molar-refractivity contribution in [2.45, 2.75) is 43.8 Å². The number of nitrogens with zero attached hydrogens (tertiary/aromatic N) is 2. The molecule has 2 nitrogen and oxygen atoms in total. The summed E-state index contributed by atoms with van der Waals surface area (Å²) in [6, 6.07) is 10.8. The number of thiazole rings is 1. The first-order chi connectivity index (χ1) is 9.72. The summed E-state index contributed by atoms with van der Waals surface area (Å²) in [6.45, 7) is 4.25. The molecule has 104 valence electrons. The summed E-state index contributed by atoms with van der Waals surface area (Å²) in [5, 5.41) is 10.0. The molecule has 2 aromatic rings. The van der Waals surface area contributed by atoms with Gasteiger partial charge in [-0.15, -0.1) is 23.1 Å². The van der Waals surface area contributed by atoms with Crippen LogP contribution in [0.2, 0.25) is 0 Å². The van der Waals surface area contributed by atoms with Crippen molar-refractivity contribution in [2.24, 2.45) is 0 Å². The fourth-order valence-electron chi connectivity index (χ4n) is 1.92. The van der Waals surface area contributed by atoms with E-state index in [1.807, 2.05) is 0 Å². The maximum atomic E-state index is 8.88. The highest BCUT2D eigenvalue weighted by Gasteiger charge is 2.10. The molecular weight excluding hydrogens is 284 g/mol. The standard InChI is InChI=1S/C16H18N2S2/c1-3-4-14-15(9-10-17)20-16(18-14)11-19-13-7-5-12(2)6-8-13/h5-8H,3-4,9,11H2,1-2H3. The highest BCUT2D eigenvalue weighted by molar-refractivity contribution is 7.98. The van der Waals surface area contributed by atoms with E-state index < -0.39 is 0 Å². The molecule has 0 saturated carbocycles. The predicted molar refractivity (Wildman–Crippen MR) is 86.2 cm³/mol. The van der Waals surface area contributed by atoms with Crippen molar-refractivity contribution in [1.82, 2.24) is 4.98 Å². The Hall–Kier alpha value is -1.31. The molecule has 0 unspecified atom stereocenters. The van der Waals surface area contributed by atoms with Gasteiger partial charge in [0.15, 0.2) is 0 Å². The van der Waals surface area contributed by atoms with E-state index in [0.717, 1.165) is 34.2 Å². The molecule has 0 saturated heterocycles. The van der Waals surface area contributed by atoms with Crippen LogP contribution in [0.1, 0.15) is 34.5 Å². The zero-order chi connectivity index (χ0) is 14.4. The first-order valence-electron chi connectivity index (χ1n) is 6.76. The van der Waals surface area contributed by atoms with Gasteiger partial charge in [-0.25, -0.2) is 4.98 Å². The lowest BCUT2D eigenvalue weighted by atomic mass is 10.2. The lowest BCUT2D eigenvalue weighted by molar-refractivity contribution is 0.875. The minimum atomic E-state index is 0.488. The number of hydrogen-bond acceptors (Lipinski definition) is 4. The Morgan fingerprint density at radius 3 is 2.70 bits per heavy atom. The number of nitriles is 1. The number of hydrogen-bond donors (Lipinski definition) is 0. The minimum Gasteiger partial charge on any atom is -0.245 e. The van der Waals surface area contributed by atoms with Crippen LogP contribution in [0.25, 0.3) is 0 Å². The quantitative estimate of drug-likeness (QED) is 0.722. The van der Waals surface area contributed by atoms with Gasteiger partial charge in [-0.2, -0.15) is 5.26 Å². The summed E-state index contributed by atoms with van der Waals surface area (Å²) < 4.78 is 0. The Balaban J connectivity index is 2.04. The molecule has 1 heterocycles. The van der Waals surface area contributed by atoms with Crippen LogP contribution >= 0.6 is 23.1 Å². The Kier molecular flexibility index (Phi) is 5.63. The van der Waals surface area contributed by atoms with Crippen LogP contribution < -0.4 is 0 Å². The number of thioether (sulfide) groups is 1. The van der Waals surface area contributed by atoms with Crippen molar-refractivity contribution in [3.8, 4) is 6.07 Å². The first kappa shape index (κ1) is 15.1. The Morgan fingerprint density at radius 1 is 1.30 bits per heavy atom. The Labute approximate surface area is 128 Å². The lowest BCUT2D eigenvalue weighted by Gasteiger charge is -1.99. The third kappa shape index (κ3) is 4.09. The highest BCUT2D eigenvalue weighted by Crippen LogP contribution is 2.28. The zero-order valence-electron chi connectivity index (χ0n) is 11.8. The molecule has 0 fully saturated rings. The first-order valence-corrected chi connectivity index (χ1v) is 8.57.